The summed E-state index contributed by atoms with van der Waals surface area (Å²) in [5, 5.41) is 5.13. The average molecular weight is 333 g/mol. The van der Waals surface area contributed by atoms with Crippen LogP contribution in [0.4, 0.5) is 0 Å². The highest BCUT2D eigenvalue weighted by Crippen LogP contribution is 2.26. The van der Waals surface area contributed by atoms with Crippen molar-refractivity contribution in [3.63, 3.8) is 0 Å². The molecule has 0 saturated heterocycles. The summed E-state index contributed by atoms with van der Waals surface area (Å²) in [5.74, 6) is 0.602. The maximum Gasteiger partial charge on any atom is 0.261 e. The molecule has 2 atom stereocenters. The molecule has 0 bridgehead atoms. The molecule has 0 spiro atoms. The van der Waals surface area contributed by atoms with Gasteiger partial charge in [0, 0.05) is 5.39 Å². The van der Waals surface area contributed by atoms with E-state index in [0.29, 0.717) is 0 Å². The minimum absolute atomic E-state index is 0.0633. The zero-order valence-corrected chi connectivity index (χ0v) is 14.8. The van der Waals surface area contributed by atoms with Gasteiger partial charge < -0.3 is 10.1 Å². The first-order valence-corrected chi connectivity index (χ1v) is 8.56. The molecule has 0 radical (unpaired) electrons. The number of amides is 1. The van der Waals surface area contributed by atoms with Crippen LogP contribution in [-0.4, -0.2) is 12.0 Å². The van der Waals surface area contributed by atoms with Gasteiger partial charge in [0.15, 0.2) is 6.10 Å². The molecule has 3 rings (SSSR count). The second kappa shape index (κ2) is 7.39. The standard InChI is InChI=1S/C22H23NO2/c1-15-11-13-18(14-12-15)16(2)23-22(24)17(3)25-21-10-6-8-19-7-4-5-9-20(19)21/h4-14,16-17H,1-3H3,(H,23,24)/t16-,17-/m1/s1. The van der Waals surface area contributed by atoms with Crippen molar-refractivity contribution in [2.45, 2.75) is 32.9 Å². The second-order valence-corrected chi connectivity index (χ2v) is 6.38. The predicted octanol–water partition coefficient (Wildman–Crippen LogP) is 4.79. The van der Waals surface area contributed by atoms with E-state index in [1.807, 2.05) is 80.6 Å². The van der Waals surface area contributed by atoms with Gasteiger partial charge in [-0.1, -0.05) is 66.2 Å². The van der Waals surface area contributed by atoms with Crippen molar-refractivity contribution in [3.8, 4) is 5.75 Å². The summed E-state index contributed by atoms with van der Waals surface area (Å²) >= 11 is 0. The monoisotopic (exact) mass is 333 g/mol. The highest BCUT2D eigenvalue weighted by Gasteiger charge is 2.18. The molecule has 3 aromatic rings. The summed E-state index contributed by atoms with van der Waals surface area (Å²) in [4.78, 5) is 12.5. The summed E-state index contributed by atoms with van der Waals surface area (Å²) in [6, 6.07) is 22.0. The van der Waals surface area contributed by atoms with E-state index in [2.05, 4.69) is 5.32 Å². The number of benzene rings is 3. The molecule has 128 valence electrons. The maximum atomic E-state index is 12.5. The fourth-order valence-electron chi connectivity index (χ4n) is 2.81. The van der Waals surface area contributed by atoms with Crippen LogP contribution in [0.3, 0.4) is 0 Å². The second-order valence-electron chi connectivity index (χ2n) is 6.38. The Bertz CT molecular complexity index is 865. The highest BCUT2D eigenvalue weighted by atomic mass is 16.5. The third kappa shape index (κ3) is 4.00. The molecule has 3 nitrogen and oxygen atoms in total. The molecule has 1 amide bonds. The van der Waals surface area contributed by atoms with Crippen molar-refractivity contribution in [3.05, 3.63) is 77.9 Å². The molecular weight excluding hydrogens is 310 g/mol. The Balaban J connectivity index is 1.69. The Kier molecular flexibility index (Phi) is 5.03. The Morgan fingerprint density at radius 2 is 1.60 bits per heavy atom. The third-order valence-electron chi connectivity index (χ3n) is 4.36. The molecule has 0 heterocycles. The Morgan fingerprint density at radius 1 is 0.920 bits per heavy atom. The number of carbonyl (C=O) groups excluding carboxylic acids is 1. The number of nitrogens with one attached hydrogen (secondary N) is 1. The van der Waals surface area contributed by atoms with Crippen molar-refractivity contribution >= 4 is 16.7 Å². The summed E-state index contributed by atoms with van der Waals surface area (Å²) < 4.78 is 5.93. The zero-order chi connectivity index (χ0) is 17.8. The molecule has 0 saturated carbocycles. The van der Waals surface area contributed by atoms with Gasteiger partial charge in [0.2, 0.25) is 0 Å². The quantitative estimate of drug-likeness (QED) is 0.729. The maximum absolute atomic E-state index is 12.5. The van der Waals surface area contributed by atoms with Gasteiger partial charge in [-0.3, -0.25) is 4.79 Å². The minimum atomic E-state index is -0.571. The van der Waals surface area contributed by atoms with E-state index in [9.17, 15) is 4.79 Å². The topological polar surface area (TPSA) is 38.3 Å². The number of rotatable bonds is 5. The number of ether oxygens (including phenoxy) is 1. The number of hydrogen-bond acceptors (Lipinski definition) is 2. The van der Waals surface area contributed by atoms with Crippen LogP contribution in [0.2, 0.25) is 0 Å². The van der Waals surface area contributed by atoms with Crippen LogP contribution in [-0.2, 0) is 4.79 Å². The minimum Gasteiger partial charge on any atom is -0.480 e. The molecule has 0 aliphatic carbocycles. The van der Waals surface area contributed by atoms with Gasteiger partial charge in [-0.2, -0.15) is 0 Å². The van der Waals surface area contributed by atoms with Crippen LogP contribution in [0.15, 0.2) is 66.7 Å². The molecule has 0 aliphatic heterocycles. The summed E-state index contributed by atoms with van der Waals surface area (Å²) in [7, 11) is 0. The fourth-order valence-corrected chi connectivity index (χ4v) is 2.81. The lowest BCUT2D eigenvalue weighted by Gasteiger charge is -2.20. The fraction of sp³-hybridized carbons (Fsp3) is 0.227. The number of fused-ring (bicyclic) bond motifs is 1. The average Bonchev–Trinajstić information content (AvgIpc) is 2.62. The molecule has 0 unspecified atom stereocenters. The Labute approximate surface area is 148 Å². The van der Waals surface area contributed by atoms with Crippen LogP contribution in [0.5, 0.6) is 5.75 Å². The van der Waals surface area contributed by atoms with E-state index in [0.717, 1.165) is 22.1 Å². The smallest absolute Gasteiger partial charge is 0.261 e. The van der Waals surface area contributed by atoms with E-state index >= 15 is 0 Å². The van der Waals surface area contributed by atoms with Crippen molar-refractivity contribution in [1.82, 2.24) is 5.32 Å². The van der Waals surface area contributed by atoms with Gasteiger partial charge in [-0.25, -0.2) is 0 Å². The number of aryl methyl sites for hydroxylation is 1. The molecule has 0 aromatic heterocycles. The summed E-state index contributed by atoms with van der Waals surface area (Å²) in [6.07, 6.45) is -0.571. The molecule has 3 aromatic carbocycles. The molecule has 3 heteroatoms. The Morgan fingerprint density at radius 3 is 2.36 bits per heavy atom. The van der Waals surface area contributed by atoms with E-state index in [4.69, 9.17) is 4.74 Å². The molecule has 25 heavy (non-hydrogen) atoms. The van der Waals surface area contributed by atoms with Crippen LogP contribution in [0.25, 0.3) is 10.8 Å². The van der Waals surface area contributed by atoms with Gasteiger partial charge in [0.1, 0.15) is 5.75 Å². The normalized spacial score (nSPS) is 13.2. The lowest BCUT2D eigenvalue weighted by atomic mass is 10.1. The first-order valence-electron chi connectivity index (χ1n) is 8.56. The van der Waals surface area contributed by atoms with Gasteiger partial charge in [0.05, 0.1) is 6.04 Å². The SMILES string of the molecule is Cc1ccc([C@@H](C)NC(=O)[C@@H](C)Oc2cccc3ccccc23)cc1. The van der Waals surface area contributed by atoms with E-state index in [-0.39, 0.29) is 11.9 Å². The lowest BCUT2D eigenvalue weighted by Crippen LogP contribution is -2.37. The van der Waals surface area contributed by atoms with Gasteiger partial charge >= 0.3 is 0 Å². The van der Waals surface area contributed by atoms with Gasteiger partial charge in [-0.05, 0) is 37.8 Å². The molecule has 1 N–H and O–H groups in total. The van der Waals surface area contributed by atoms with Crippen LogP contribution >= 0.6 is 0 Å². The van der Waals surface area contributed by atoms with Crippen molar-refractivity contribution in [2.75, 3.05) is 0 Å². The van der Waals surface area contributed by atoms with E-state index in [1.165, 1.54) is 5.56 Å². The molecule has 0 aliphatic rings. The first kappa shape index (κ1) is 17.0. The van der Waals surface area contributed by atoms with Crippen molar-refractivity contribution in [2.24, 2.45) is 0 Å². The number of hydrogen-bond donors (Lipinski definition) is 1. The van der Waals surface area contributed by atoms with Gasteiger partial charge in [0.25, 0.3) is 5.91 Å². The van der Waals surface area contributed by atoms with Crippen LogP contribution < -0.4 is 10.1 Å². The van der Waals surface area contributed by atoms with Crippen molar-refractivity contribution < 1.29 is 9.53 Å². The van der Waals surface area contributed by atoms with E-state index in [1.54, 1.807) is 6.92 Å². The van der Waals surface area contributed by atoms with Crippen molar-refractivity contribution in [1.29, 1.82) is 0 Å². The summed E-state index contributed by atoms with van der Waals surface area (Å²) in [5.41, 5.74) is 2.28. The van der Waals surface area contributed by atoms with E-state index < -0.39 is 6.10 Å². The number of carbonyl (C=O) groups is 1. The van der Waals surface area contributed by atoms with Crippen LogP contribution in [0.1, 0.15) is 31.0 Å². The Hall–Kier alpha value is -2.81. The lowest BCUT2D eigenvalue weighted by molar-refractivity contribution is -0.127. The highest BCUT2D eigenvalue weighted by molar-refractivity contribution is 5.89. The third-order valence-corrected chi connectivity index (χ3v) is 4.36. The van der Waals surface area contributed by atoms with Gasteiger partial charge in [-0.15, -0.1) is 0 Å². The summed E-state index contributed by atoms with van der Waals surface area (Å²) in [6.45, 7) is 5.80. The molecule has 0 fully saturated rings. The largest absolute Gasteiger partial charge is 0.480 e. The first-order chi connectivity index (χ1) is 12.0. The predicted molar refractivity (Wildman–Crippen MR) is 102 cm³/mol. The van der Waals surface area contributed by atoms with Crippen LogP contribution in [0, 0.1) is 6.92 Å². The zero-order valence-electron chi connectivity index (χ0n) is 14.8. The molecular formula is C22H23NO2.